The summed E-state index contributed by atoms with van der Waals surface area (Å²) in [5.41, 5.74) is 1.29. The highest BCUT2D eigenvalue weighted by atomic mass is 16.6. The molecule has 0 aliphatic rings. The van der Waals surface area contributed by atoms with Gasteiger partial charge in [0.25, 0.3) is 0 Å². The second-order valence-electron chi connectivity index (χ2n) is 6.48. The normalized spacial score (nSPS) is 11.7. The summed E-state index contributed by atoms with van der Waals surface area (Å²) in [6, 6.07) is 3.84. The molecule has 0 aromatic carbocycles. The number of H-pyrrole nitrogens is 1. The smallest absolute Gasteiger partial charge is 0.407 e. The van der Waals surface area contributed by atoms with Crippen LogP contribution < -0.4 is 16.0 Å². The van der Waals surface area contributed by atoms with E-state index >= 15 is 0 Å². The van der Waals surface area contributed by atoms with Gasteiger partial charge in [0.1, 0.15) is 11.2 Å². The molecule has 0 spiro atoms. The first-order valence-corrected chi connectivity index (χ1v) is 8.21. The molecular weight excluding hydrogens is 334 g/mol. The summed E-state index contributed by atoms with van der Waals surface area (Å²) in [6.45, 7) is 6.60. The van der Waals surface area contributed by atoms with Crippen LogP contribution in [-0.2, 0) is 11.3 Å². The summed E-state index contributed by atoms with van der Waals surface area (Å²) >= 11 is 0. The molecule has 0 aliphatic heterocycles. The van der Waals surface area contributed by atoms with Gasteiger partial charge in [-0.2, -0.15) is 5.26 Å². The van der Waals surface area contributed by atoms with Crippen molar-refractivity contribution in [2.75, 3.05) is 13.1 Å². The number of hydrogen-bond acceptors (Lipinski definition) is 5. The molecule has 1 amide bonds. The van der Waals surface area contributed by atoms with E-state index < -0.39 is 11.7 Å². The van der Waals surface area contributed by atoms with Crippen LogP contribution in [-0.4, -0.2) is 40.7 Å². The maximum absolute atomic E-state index is 11.6. The van der Waals surface area contributed by atoms with Crippen molar-refractivity contribution < 1.29 is 9.53 Å². The fraction of sp³-hybridized carbons (Fsp3) is 0.412. The maximum atomic E-state index is 11.6. The van der Waals surface area contributed by atoms with Crippen LogP contribution in [0.5, 0.6) is 0 Å². The monoisotopic (exact) mass is 357 g/mol. The number of nitriles is 1. The summed E-state index contributed by atoms with van der Waals surface area (Å²) in [6.07, 6.45) is 4.80. The lowest BCUT2D eigenvalue weighted by molar-refractivity contribution is 0.0529. The fourth-order valence-corrected chi connectivity index (χ4v) is 2.20. The number of rotatable bonds is 5. The first-order chi connectivity index (χ1) is 12.4. The molecule has 0 atom stereocenters. The van der Waals surface area contributed by atoms with Crippen LogP contribution in [0.25, 0.3) is 11.0 Å². The summed E-state index contributed by atoms with van der Waals surface area (Å²) < 4.78 is 5.15. The van der Waals surface area contributed by atoms with Crippen molar-refractivity contribution in [3.8, 4) is 6.19 Å². The topological polar surface area (TPSA) is 127 Å². The molecule has 9 nitrogen and oxygen atoms in total. The maximum Gasteiger partial charge on any atom is 0.407 e. The van der Waals surface area contributed by atoms with Gasteiger partial charge in [-0.05, 0) is 38.5 Å². The molecule has 2 aromatic rings. The fourth-order valence-electron chi connectivity index (χ4n) is 2.20. The van der Waals surface area contributed by atoms with Crippen LogP contribution in [0.15, 0.2) is 29.5 Å². The molecule has 26 heavy (non-hydrogen) atoms. The standard InChI is InChI=1S/C17H23N7O2/c1-17(2,3)26-16(25)22-9-8-21-15(24-11-18)23-10-12-4-6-19-14-13(12)5-7-20-14/h4-7H,8-10H2,1-3H3,(H,19,20)(H,22,25)(H2,21,23,24). The third-order valence-corrected chi connectivity index (χ3v) is 3.24. The molecule has 138 valence electrons. The number of carbonyl (C=O) groups excluding carboxylic acids is 1. The number of aliphatic imine (C=N–C) groups is 1. The minimum atomic E-state index is -0.541. The SMILES string of the molecule is CC(C)(C)OC(=O)NCCN/C(=N\C#N)NCc1ccnc2[nH]ccc12. The van der Waals surface area contributed by atoms with Gasteiger partial charge in [0.2, 0.25) is 12.2 Å². The van der Waals surface area contributed by atoms with E-state index in [4.69, 9.17) is 10.00 Å². The first kappa shape index (κ1) is 19.1. The van der Waals surface area contributed by atoms with Crippen LogP contribution >= 0.6 is 0 Å². The Labute approximate surface area is 151 Å². The molecule has 0 fully saturated rings. The predicted octanol–water partition coefficient (Wildman–Crippen LogP) is 1.60. The zero-order valence-electron chi connectivity index (χ0n) is 15.1. The van der Waals surface area contributed by atoms with E-state index in [1.54, 1.807) is 33.2 Å². The van der Waals surface area contributed by atoms with Gasteiger partial charge in [0.15, 0.2) is 0 Å². The van der Waals surface area contributed by atoms with Crippen LogP contribution in [0.1, 0.15) is 26.3 Å². The molecule has 9 heteroatoms. The van der Waals surface area contributed by atoms with E-state index in [1.165, 1.54) is 0 Å². The molecule has 0 saturated carbocycles. The van der Waals surface area contributed by atoms with Crippen molar-refractivity contribution in [1.82, 2.24) is 25.9 Å². The number of ether oxygens (including phenoxy) is 1. The molecule has 0 unspecified atom stereocenters. The molecular formula is C17H23N7O2. The van der Waals surface area contributed by atoms with E-state index in [-0.39, 0.29) is 0 Å². The highest BCUT2D eigenvalue weighted by Gasteiger charge is 2.15. The molecule has 2 rings (SSSR count). The van der Waals surface area contributed by atoms with Gasteiger partial charge in [-0.25, -0.2) is 9.78 Å². The average molecular weight is 357 g/mol. The number of nitrogens with one attached hydrogen (secondary N) is 4. The number of carbonyl (C=O) groups is 1. The van der Waals surface area contributed by atoms with Gasteiger partial charge in [-0.15, -0.1) is 4.99 Å². The Balaban J connectivity index is 1.81. The van der Waals surface area contributed by atoms with Gasteiger partial charge < -0.3 is 25.7 Å². The summed E-state index contributed by atoms with van der Waals surface area (Å²) in [5, 5.41) is 18.5. The molecule has 0 radical (unpaired) electrons. The van der Waals surface area contributed by atoms with Crippen molar-refractivity contribution >= 4 is 23.1 Å². The second kappa shape index (κ2) is 8.71. The minimum absolute atomic E-state index is 0.332. The van der Waals surface area contributed by atoms with E-state index in [0.29, 0.717) is 25.6 Å². The highest BCUT2D eigenvalue weighted by molar-refractivity contribution is 5.82. The van der Waals surface area contributed by atoms with Crippen molar-refractivity contribution in [1.29, 1.82) is 5.26 Å². The number of nitrogens with zero attached hydrogens (tertiary/aromatic N) is 3. The van der Waals surface area contributed by atoms with Crippen LogP contribution in [0, 0.1) is 11.5 Å². The molecule has 0 bridgehead atoms. The minimum Gasteiger partial charge on any atom is -0.444 e. The summed E-state index contributed by atoms with van der Waals surface area (Å²) in [5.74, 6) is 0.332. The number of aromatic amines is 1. The van der Waals surface area contributed by atoms with Gasteiger partial charge in [0, 0.05) is 37.4 Å². The van der Waals surface area contributed by atoms with Crippen molar-refractivity contribution in [3.63, 3.8) is 0 Å². The van der Waals surface area contributed by atoms with Crippen molar-refractivity contribution in [2.45, 2.75) is 32.9 Å². The van der Waals surface area contributed by atoms with Gasteiger partial charge in [-0.3, -0.25) is 0 Å². The number of alkyl carbamates (subject to hydrolysis) is 1. The number of amides is 1. The first-order valence-electron chi connectivity index (χ1n) is 8.21. The zero-order valence-corrected chi connectivity index (χ0v) is 15.1. The molecule has 0 aliphatic carbocycles. The molecule has 2 aromatic heterocycles. The van der Waals surface area contributed by atoms with Crippen LogP contribution in [0.2, 0.25) is 0 Å². The lowest BCUT2D eigenvalue weighted by Gasteiger charge is -2.19. The van der Waals surface area contributed by atoms with Gasteiger partial charge >= 0.3 is 6.09 Å². The zero-order chi connectivity index (χ0) is 19.0. The Bertz CT molecular complexity index is 814. The Morgan fingerprint density at radius 2 is 2.08 bits per heavy atom. The van der Waals surface area contributed by atoms with E-state index in [9.17, 15) is 4.79 Å². The number of fused-ring (bicyclic) bond motifs is 1. The molecule has 2 heterocycles. The largest absolute Gasteiger partial charge is 0.444 e. The number of aromatic nitrogens is 2. The predicted molar refractivity (Wildman–Crippen MR) is 98.2 cm³/mol. The summed E-state index contributed by atoms with van der Waals surface area (Å²) in [7, 11) is 0. The van der Waals surface area contributed by atoms with Gasteiger partial charge in [0.05, 0.1) is 0 Å². The van der Waals surface area contributed by atoms with E-state index in [0.717, 1.165) is 16.6 Å². The Kier molecular flexibility index (Phi) is 6.38. The third-order valence-electron chi connectivity index (χ3n) is 3.24. The van der Waals surface area contributed by atoms with Gasteiger partial charge in [-0.1, -0.05) is 0 Å². The van der Waals surface area contributed by atoms with Crippen LogP contribution in [0.4, 0.5) is 4.79 Å². The molecule has 4 N–H and O–H groups in total. The lowest BCUT2D eigenvalue weighted by atomic mass is 10.2. The Morgan fingerprint density at radius 1 is 1.31 bits per heavy atom. The third kappa shape index (κ3) is 5.98. The highest BCUT2D eigenvalue weighted by Crippen LogP contribution is 2.14. The number of pyridine rings is 1. The van der Waals surface area contributed by atoms with E-state index in [2.05, 4.69) is 30.9 Å². The lowest BCUT2D eigenvalue weighted by Crippen LogP contribution is -2.42. The number of hydrogen-bond donors (Lipinski definition) is 4. The second-order valence-corrected chi connectivity index (χ2v) is 6.48. The Hall–Kier alpha value is -3.28. The molecule has 0 saturated heterocycles. The van der Waals surface area contributed by atoms with Crippen molar-refractivity contribution in [3.05, 3.63) is 30.1 Å². The quantitative estimate of drug-likeness (QED) is 0.279. The Morgan fingerprint density at radius 3 is 2.81 bits per heavy atom. The van der Waals surface area contributed by atoms with Crippen LogP contribution in [0.3, 0.4) is 0 Å². The van der Waals surface area contributed by atoms with Crippen molar-refractivity contribution in [2.24, 2.45) is 4.99 Å². The summed E-state index contributed by atoms with van der Waals surface area (Å²) in [4.78, 5) is 22.6. The number of guanidine groups is 1. The van der Waals surface area contributed by atoms with E-state index in [1.807, 2.05) is 18.3 Å². The average Bonchev–Trinajstić information content (AvgIpc) is 3.04.